The van der Waals surface area contributed by atoms with E-state index in [2.05, 4.69) is 17.3 Å². The molecule has 1 saturated heterocycles. The third kappa shape index (κ3) is 4.16. The van der Waals surface area contributed by atoms with E-state index < -0.39 is 0 Å². The smallest absolute Gasteiger partial charge is 0.265 e. The molecule has 1 aliphatic heterocycles. The highest BCUT2D eigenvalue weighted by molar-refractivity contribution is 6.29. The molecule has 6 heteroatoms. The third-order valence-corrected chi connectivity index (χ3v) is 3.08. The van der Waals surface area contributed by atoms with Crippen LogP contribution in [0.3, 0.4) is 0 Å². The molecule has 1 aromatic heterocycles. The lowest BCUT2D eigenvalue weighted by Gasteiger charge is -2.26. The van der Waals surface area contributed by atoms with E-state index in [1.54, 1.807) is 12.1 Å². The number of aromatic nitrogens is 1. The predicted molar refractivity (Wildman–Crippen MR) is 73.1 cm³/mol. The van der Waals surface area contributed by atoms with Crippen molar-refractivity contribution in [2.45, 2.75) is 19.8 Å². The molecule has 1 aliphatic rings. The Balaban J connectivity index is 2.05. The van der Waals surface area contributed by atoms with Gasteiger partial charge >= 0.3 is 0 Å². The van der Waals surface area contributed by atoms with Gasteiger partial charge in [-0.3, -0.25) is 10.2 Å². The van der Waals surface area contributed by atoms with Crippen molar-refractivity contribution in [2.75, 3.05) is 26.3 Å². The van der Waals surface area contributed by atoms with Gasteiger partial charge in [0.1, 0.15) is 5.15 Å². The Hall–Kier alpha value is -1.17. The molecule has 0 saturated carbocycles. The van der Waals surface area contributed by atoms with Gasteiger partial charge < -0.3 is 4.74 Å². The summed E-state index contributed by atoms with van der Waals surface area (Å²) in [6.45, 7) is 4.74. The zero-order valence-corrected chi connectivity index (χ0v) is 11.7. The van der Waals surface area contributed by atoms with Gasteiger partial charge in [-0.25, -0.2) is 9.99 Å². The highest BCUT2D eigenvalue weighted by atomic mass is 35.5. The van der Waals surface area contributed by atoms with Crippen LogP contribution in [-0.2, 0) is 11.2 Å². The van der Waals surface area contributed by atoms with Crippen LogP contribution in [0.5, 0.6) is 0 Å². The Morgan fingerprint density at radius 3 is 2.89 bits per heavy atom. The fourth-order valence-electron chi connectivity index (χ4n) is 1.95. The van der Waals surface area contributed by atoms with Gasteiger partial charge in [0, 0.05) is 24.3 Å². The number of hydrogen-bond acceptors (Lipinski definition) is 4. The number of carbonyl (C=O) groups excluding carboxylic acids is 1. The molecule has 1 amide bonds. The van der Waals surface area contributed by atoms with Crippen LogP contribution in [0.15, 0.2) is 12.1 Å². The number of pyridine rings is 1. The molecule has 0 atom stereocenters. The van der Waals surface area contributed by atoms with Crippen molar-refractivity contribution in [1.82, 2.24) is 15.4 Å². The molecule has 0 radical (unpaired) electrons. The summed E-state index contributed by atoms with van der Waals surface area (Å²) in [7, 11) is 0. The van der Waals surface area contributed by atoms with Crippen LogP contribution in [0.25, 0.3) is 0 Å². The van der Waals surface area contributed by atoms with Crippen molar-refractivity contribution in [2.24, 2.45) is 0 Å². The number of amides is 1. The molecule has 2 rings (SSSR count). The Morgan fingerprint density at radius 1 is 1.47 bits per heavy atom. The molecule has 0 unspecified atom stereocenters. The lowest BCUT2D eigenvalue weighted by molar-refractivity contribution is 0.0126. The minimum atomic E-state index is -0.149. The Bertz CT molecular complexity index is 448. The Morgan fingerprint density at radius 2 is 2.21 bits per heavy atom. The van der Waals surface area contributed by atoms with E-state index in [9.17, 15) is 4.79 Å². The van der Waals surface area contributed by atoms with Crippen LogP contribution in [0.1, 0.15) is 29.4 Å². The van der Waals surface area contributed by atoms with Crippen LogP contribution in [0, 0.1) is 0 Å². The molecule has 1 aromatic rings. The first-order chi connectivity index (χ1) is 9.19. The molecule has 0 bridgehead atoms. The van der Waals surface area contributed by atoms with Crippen molar-refractivity contribution in [3.63, 3.8) is 0 Å². The summed E-state index contributed by atoms with van der Waals surface area (Å²) in [5, 5.41) is 2.22. The van der Waals surface area contributed by atoms with Crippen molar-refractivity contribution >= 4 is 17.5 Å². The summed E-state index contributed by atoms with van der Waals surface area (Å²) >= 11 is 5.95. The molecule has 0 spiro atoms. The first kappa shape index (κ1) is 14.2. The van der Waals surface area contributed by atoms with Gasteiger partial charge in [0.25, 0.3) is 5.91 Å². The standard InChI is InChI=1S/C13H18ClN3O2/c1-2-3-11-8-10(9-12(14)15-11)13(18)16-17-4-6-19-7-5-17/h8-9H,2-7H2,1H3,(H,16,18). The summed E-state index contributed by atoms with van der Waals surface area (Å²) in [6.07, 6.45) is 1.79. The van der Waals surface area contributed by atoms with Gasteiger partial charge in [0.05, 0.1) is 13.2 Å². The number of halogens is 1. The normalized spacial score (nSPS) is 16.3. The highest BCUT2D eigenvalue weighted by Gasteiger charge is 2.15. The fourth-order valence-corrected chi connectivity index (χ4v) is 2.18. The zero-order valence-electron chi connectivity index (χ0n) is 11.0. The average Bonchev–Trinajstić information content (AvgIpc) is 2.39. The summed E-state index contributed by atoms with van der Waals surface area (Å²) in [4.78, 5) is 16.3. The average molecular weight is 284 g/mol. The minimum Gasteiger partial charge on any atom is -0.379 e. The molecule has 104 valence electrons. The predicted octanol–water partition coefficient (Wildman–Crippen LogP) is 1.66. The first-order valence-electron chi connectivity index (χ1n) is 6.49. The summed E-state index contributed by atoms with van der Waals surface area (Å²) < 4.78 is 5.23. The van der Waals surface area contributed by atoms with E-state index in [0.717, 1.165) is 18.5 Å². The van der Waals surface area contributed by atoms with Gasteiger partial charge in [-0.05, 0) is 18.6 Å². The lowest BCUT2D eigenvalue weighted by Crippen LogP contribution is -2.48. The van der Waals surface area contributed by atoms with E-state index in [-0.39, 0.29) is 5.91 Å². The first-order valence-corrected chi connectivity index (χ1v) is 6.87. The number of hydrazine groups is 1. The van der Waals surface area contributed by atoms with Crippen LogP contribution in [0.4, 0.5) is 0 Å². The van der Waals surface area contributed by atoms with Crippen LogP contribution < -0.4 is 5.43 Å². The fraction of sp³-hybridized carbons (Fsp3) is 0.538. The second-order valence-electron chi connectivity index (χ2n) is 4.46. The number of hydrogen-bond donors (Lipinski definition) is 1. The minimum absolute atomic E-state index is 0.149. The summed E-state index contributed by atoms with van der Waals surface area (Å²) in [5.41, 5.74) is 4.26. The molecular formula is C13H18ClN3O2. The van der Waals surface area contributed by atoms with Gasteiger partial charge in [-0.2, -0.15) is 0 Å². The number of nitrogens with zero attached hydrogens (tertiary/aromatic N) is 2. The quantitative estimate of drug-likeness (QED) is 0.854. The monoisotopic (exact) mass is 283 g/mol. The van der Waals surface area contributed by atoms with Crippen molar-refractivity contribution in [1.29, 1.82) is 0 Å². The maximum absolute atomic E-state index is 12.1. The van der Waals surface area contributed by atoms with Crippen LogP contribution >= 0.6 is 11.6 Å². The molecule has 0 aliphatic carbocycles. The van der Waals surface area contributed by atoms with E-state index in [4.69, 9.17) is 16.3 Å². The van der Waals surface area contributed by atoms with Gasteiger partial charge in [0.2, 0.25) is 0 Å². The number of morpholine rings is 1. The second-order valence-corrected chi connectivity index (χ2v) is 4.85. The Kier molecular flexibility index (Phi) is 5.13. The number of ether oxygens (including phenoxy) is 1. The summed E-state index contributed by atoms with van der Waals surface area (Å²) in [6, 6.07) is 3.39. The maximum atomic E-state index is 12.1. The molecule has 1 fully saturated rings. The number of carbonyl (C=O) groups is 1. The molecule has 0 aromatic carbocycles. The van der Waals surface area contributed by atoms with E-state index >= 15 is 0 Å². The van der Waals surface area contributed by atoms with Crippen LogP contribution in [-0.4, -0.2) is 42.2 Å². The van der Waals surface area contributed by atoms with E-state index in [1.807, 2.05) is 5.01 Å². The third-order valence-electron chi connectivity index (χ3n) is 2.89. The molecule has 5 nitrogen and oxygen atoms in total. The maximum Gasteiger partial charge on any atom is 0.265 e. The van der Waals surface area contributed by atoms with Crippen molar-refractivity contribution in [3.05, 3.63) is 28.5 Å². The topological polar surface area (TPSA) is 54.5 Å². The van der Waals surface area contributed by atoms with E-state index in [1.165, 1.54) is 0 Å². The molecule has 19 heavy (non-hydrogen) atoms. The van der Waals surface area contributed by atoms with Crippen molar-refractivity contribution in [3.8, 4) is 0 Å². The van der Waals surface area contributed by atoms with Gasteiger partial charge in [-0.15, -0.1) is 0 Å². The Labute approximate surface area is 117 Å². The number of nitrogens with one attached hydrogen (secondary N) is 1. The van der Waals surface area contributed by atoms with Crippen molar-refractivity contribution < 1.29 is 9.53 Å². The van der Waals surface area contributed by atoms with Gasteiger partial charge in [0.15, 0.2) is 0 Å². The lowest BCUT2D eigenvalue weighted by atomic mass is 10.1. The summed E-state index contributed by atoms with van der Waals surface area (Å²) in [5.74, 6) is -0.149. The van der Waals surface area contributed by atoms with Crippen LogP contribution in [0.2, 0.25) is 5.15 Å². The number of rotatable bonds is 4. The second kappa shape index (κ2) is 6.84. The SMILES string of the molecule is CCCc1cc(C(=O)NN2CCOCC2)cc(Cl)n1. The molecular weight excluding hydrogens is 266 g/mol. The number of aryl methyl sites for hydroxylation is 1. The highest BCUT2D eigenvalue weighted by Crippen LogP contribution is 2.12. The zero-order chi connectivity index (χ0) is 13.7. The van der Waals surface area contributed by atoms with E-state index in [0.29, 0.717) is 37.0 Å². The van der Waals surface area contributed by atoms with Gasteiger partial charge in [-0.1, -0.05) is 24.9 Å². The largest absolute Gasteiger partial charge is 0.379 e. The molecule has 2 heterocycles. The molecule has 1 N–H and O–H groups in total.